The number of hydrogen-bond acceptors (Lipinski definition) is 3. The molecule has 0 heterocycles. The van der Waals surface area contributed by atoms with E-state index in [1.807, 2.05) is 28.1 Å². The molecule has 5 nitrogen and oxygen atoms in total. The van der Waals surface area contributed by atoms with Crippen LogP contribution in [0.3, 0.4) is 0 Å². The lowest BCUT2D eigenvalue weighted by Gasteiger charge is -2.28. The van der Waals surface area contributed by atoms with Crippen LogP contribution in [0.4, 0.5) is 0 Å². The summed E-state index contributed by atoms with van der Waals surface area (Å²) in [6.45, 7) is 2.18. The molecule has 2 unspecified atom stereocenters. The van der Waals surface area contributed by atoms with Crippen molar-refractivity contribution in [3.05, 3.63) is 12.2 Å². The standard InChI is InChI=1S/C13H23NO4/c1-5-6-7-8-10(15)12(13(17)18)11(16)9-14(2,3)4/h7-8,11-12,16H,5-6,9H2,1-4H3/p+1/b8-7+. The van der Waals surface area contributed by atoms with Crippen LogP contribution in [0.25, 0.3) is 0 Å². The summed E-state index contributed by atoms with van der Waals surface area (Å²) in [6.07, 6.45) is 3.35. The van der Waals surface area contributed by atoms with Crippen LogP contribution in [0, 0.1) is 5.92 Å². The van der Waals surface area contributed by atoms with Crippen molar-refractivity contribution in [3.8, 4) is 0 Å². The van der Waals surface area contributed by atoms with Crippen LogP contribution >= 0.6 is 0 Å². The molecule has 0 saturated carbocycles. The number of aliphatic hydroxyl groups excluding tert-OH is 1. The van der Waals surface area contributed by atoms with Gasteiger partial charge in [-0.25, -0.2) is 0 Å². The number of allylic oxidation sites excluding steroid dienone is 2. The van der Waals surface area contributed by atoms with Crippen molar-refractivity contribution in [1.29, 1.82) is 0 Å². The van der Waals surface area contributed by atoms with Gasteiger partial charge in [0.2, 0.25) is 0 Å². The van der Waals surface area contributed by atoms with Gasteiger partial charge in [0.25, 0.3) is 0 Å². The van der Waals surface area contributed by atoms with Crippen LogP contribution in [0.5, 0.6) is 0 Å². The Labute approximate surface area is 108 Å². The van der Waals surface area contributed by atoms with Crippen molar-refractivity contribution in [3.63, 3.8) is 0 Å². The quantitative estimate of drug-likeness (QED) is 0.381. The molecule has 2 N–H and O–H groups in total. The first-order chi connectivity index (χ1) is 8.19. The van der Waals surface area contributed by atoms with E-state index < -0.39 is 23.8 Å². The van der Waals surface area contributed by atoms with E-state index in [4.69, 9.17) is 5.11 Å². The van der Waals surface area contributed by atoms with E-state index in [1.54, 1.807) is 6.08 Å². The van der Waals surface area contributed by atoms with Crippen LogP contribution < -0.4 is 0 Å². The van der Waals surface area contributed by atoms with Gasteiger partial charge in [-0.2, -0.15) is 0 Å². The first-order valence-corrected chi connectivity index (χ1v) is 6.10. The minimum absolute atomic E-state index is 0.213. The third-order valence-corrected chi connectivity index (χ3v) is 2.43. The highest BCUT2D eigenvalue weighted by Gasteiger charge is 2.35. The number of unbranched alkanes of at least 4 members (excludes halogenated alkanes) is 1. The number of likely N-dealkylation sites (N-methyl/N-ethyl adjacent to an activating group) is 1. The molecule has 0 saturated heterocycles. The predicted molar refractivity (Wildman–Crippen MR) is 69.1 cm³/mol. The van der Waals surface area contributed by atoms with E-state index in [0.717, 1.165) is 12.8 Å². The number of aliphatic hydroxyl groups is 1. The Balaban J connectivity index is 4.75. The van der Waals surface area contributed by atoms with Crippen molar-refractivity contribution in [2.45, 2.75) is 25.9 Å². The zero-order valence-electron chi connectivity index (χ0n) is 11.6. The Morgan fingerprint density at radius 1 is 1.28 bits per heavy atom. The number of carboxylic acid groups (broad SMARTS) is 1. The van der Waals surface area contributed by atoms with Gasteiger partial charge in [0, 0.05) is 0 Å². The summed E-state index contributed by atoms with van der Waals surface area (Å²) in [5.41, 5.74) is 0. The van der Waals surface area contributed by atoms with E-state index in [1.165, 1.54) is 6.08 Å². The van der Waals surface area contributed by atoms with E-state index in [-0.39, 0.29) is 6.54 Å². The number of quaternary nitrogens is 1. The molecule has 5 heteroatoms. The second-order valence-electron chi connectivity index (χ2n) is 5.45. The molecule has 0 rings (SSSR count). The third kappa shape index (κ3) is 6.51. The number of ketones is 1. The van der Waals surface area contributed by atoms with E-state index in [2.05, 4.69) is 0 Å². The summed E-state index contributed by atoms with van der Waals surface area (Å²) in [7, 11) is 5.50. The molecule has 0 aliphatic carbocycles. The summed E-state index contributed by atoms with van der Waals surface area (Å²) in [5, 5.41) is 18.9. The number of carboxylic acids is 1. The maximum Gasteiger partial charge on any atom is 0.317 e. The Morgan fingerprint density at radius 3 is 2.22 bits per heavy atom. The molecule has 0 bridgehead atoms. The van der Waals surface area contributed by atoms with Crippen molar-refractivity contribution in [1.82, 2.24) is 0 Å². The van der Waals surface area contributed by atoms with Gasteiger partial charge in [-0.05, 0) is 12.5 Å². The molecule has 18 heavy (non-hydrogen) atoms. The van der Waals surface area contributed by atoms with E-state index in [9.17, 15) is 14.7 Å². The second-order valence-corrected chi connectivity index (χ2v) is 5.45. The highest BCUT2D eigenvalue weighted by Crippen LogP contribution is 2.11. The smallest absolute Gasteiger partial charge is 0.317 e. The van der Waals surface area contributed by atoms with Crippen LogP contribution in [-0.4, -0.2) is 60.2 Å². The number of carbonyl (C=O) groups is 2. The SMILES string of the molecule is CCC/C=C/C(=O)C(C(=O)O)C(O)C[N+](C)(C)C. The Hall–Kier alpha value is -1.20. The molecular weight excluding hydrogens is 234 g/mol. The summed E-state index contributed by atoms with van der Waals surface area (Å²) >= 11 is 0. The molecule has 0 amide bonds. The predicted octanol–water partition coefficient (Wildman–Crippen LogP) is 0.680. The van der Waals surface area contributed by atoms with Gasteiger partial charge >= 0.3 is 5.97 Å². The first-order valence-electron chi connectivity index (χ1n) is 6.10. The van der Waals surface area contributed by atoms with Crippen LogP contribution in [-0.2, 0) is 9.59 Å². The number of nitrogens with zero attached hydrogens (tertiary/aromatic N) is 1. The molecule has 0 aliphatic heterocycles. The van der Waals surface area contributed by atoms with Crippen molar-refractivity contribution >= 4 is 11.8 Å². The maximum atomic E-state index is 11.8. The highest BCUT2D eigenvalue weighted by atomic mass is 16.4. The lowest BCUT2D eigenvalue weighted by atomic mass is 9.96. The molecule has 0 aromatic carbocycles. The summed E-state index contributed by atoms with van der Waals surface area (Å²) in [6, 6.07) is 0. The topological polar surface area (TPSA) is 74.6 Å². The Kier molecular flexibility index (Phi) is 6.80. The van der Waals surface area contributed by atoms with E-state index >= 15 is 0 Å². The van der Waals surface area contributed by atoms with Gasteiger partial charge < -0.3 is 14.7 Å². The molecule has 0 spiro atoms. The fourth-order valence-corrected chi connectivity index (χ4v) is 1.61. The van der Waals surface area contributed by atoms with Gasteiger partial charge in [0.1, 0.15) is 12.6 Å². The lowest BCUT2D eigenvalue weighted by Crippen LogP contribution is -2.47. The summed E-state index contributed by atoms with van der Waals surface area (Å²) in [4.78, 5) is 22.8. The molecule has 0 fully saturated rings. The molecule has 0 aliphatic rings. The molecule has 0 aromatic rings. The average molecular weight is 258 g/mol. The summed E-state index contributed by atoms with van der Waals surface area (Å²) < 4.78 is 0.400. The van der Waals surface area contributed by atoms with E-state index in [0.29, 0.717) is 4.48 Å². The Morgan fingerprint density at radius 2 is 1.83 bits per heavy atom. The lowest BCUT2D eigenvalue weighted by molar-refractivity contribution is -0.873. The maximum absolute atomic E-state index is 11.8. The zero-order valence-corrected chi connectivity index (χ0v) is 11.6. The average Bonchev–Trinajstić information content (AvgIpc) is 2.14. The number of rotatable bonds is 8. The second kappa shape index (κ2) is 7.28. The number of carbonyl (C=O) groups excluding carboxylic acids is 1. The highest BCUT2D eigenvalue weighted by molar-refractivity contribution is 6.04. The zero-order chi connectivity index (χ0) is 14.3. The molecule has 2 atom stereocenters. The van der Waals surface area contributed by atoms with Crippen molar-refractivity contribution in [2.75, 3.05) is 27.7 Å². The summed E-state index contributed by atoms with van der Waals surface area (Å²) in [5.74, 6) is -3.20. The molecular formula is C13H24NO4+. The fraction of sp³-hybridized carbons (Fsp3) is 0.692. The minimum atomic E-state index is -1.38. The number of aliphatic carboxylic acids is 1. The van der Waals surface area contributed by atoms with Crippen LogP contribution in [0.1, 0.15) is 19.8 Å². The largest absolute Gasteiger partial charge is 0.481 e. The van der Waals surface area contributed by atoms with Crippen LogP contribution in [0.2, 0.25) is 0 Å². The van der Waals surface area contributed by atoms with Gasteiger partial charge in [-0.1, -0.05) is 19.4 Å². The molecule has 0 aromatic heterocycles. The van der Waals surface area contributed by atoms with Crippen LogP contribution in [0.15, 0.2) is 12.2 Å². The van der Waals surface area contributed by atoms with Crippen molar-refractivity contribution in [2.24, 2.45) is 5.92 Å². The van der Waals surface area contributed by atoms with Gasteiger partial charge in [0.15, 0.2) is 11.7 Å². The normalized spacial score (nSPS) is 15.6. The Bertz CT molecular complexity index is 317. The molecule has 0 radical (unpaired) electrons. The van der Waals surface area contributed by atoms with Gasteiger partial charge in [-0.15, -0.1) is 0 Å². The van der Waals surface area contributed by atoms with Gasteiger partial charge in [-0.3, -0.25) is 9.59 Å². The fourth-order valence-electron chi connectivity index (χ4n) is 1.61. The van der Waals surface area contributed by atoms with Gasteiger partial charge in [0.05, 0.1) is 21.1 Å². The number of hydrogen-bond donors (Lipinski definition) is 2. The monoisotopic (exact) mass is 258 g/mol. The third-order valence-electron chi connectivity index (χ3n) is 2.43. The minimum Gasteiger partial charge on any atom is -0.481 e. The molecule has 104 valence electrons. The first kappa shape index (κ1) is 16.8. The van der Waals surface area contributed by atoms with Crippen molar-refractivity contribution < 1.29 is 24.3 Å².